The fourth-order valence-corrected chi connectivity index (χ4v) is 2.24. The second-order valence-corrected chi connectivity index (χ2v) is 4.49. The Hall–Kier alpha value is -2.44. The fraction of sp³-hybridized carbons (Fsp3) is 0.429. The molecule has 7 nitrogen and oxygen atoms in total. The van der Waals surface area contributed by atoms with Crippen molar-refractivity contribution in [3.63, 3.8) is 0 Å². The standard InChI is InChI=1S/C14H17NO6/c1-3-20-14(18)21-15-11-7-5-10(19-2)8-9(11)4-6-12(15)13(16)17/h5,7-8,12H,3-4,6H2,1-2H3,(H,16,17). The van der Waals surface area contributed by atoms with Crippen molar-refractivity contribution in [2.75, 3.05) is 18.8 Å². The molecule has 21 heavy (non-hydrogen) atoms. The lowest BCUT2D eigenvalue weighted by Gasteiger charge is -2.33. The van der Waals surface area contributed by atoms with E-state index in [2.05, 4.69) is 0 Å². The average Bonchev–Trinajstić information content (AvgIpc) is 2.46. The van der Waals surface area contributed by atoms with E-state index in [9.17, 15) is 14.7 Å². The molecule has 0 bridgehead atoms. The molecule has 0 aromatic heterocycles. The number of anilines is 1. The molecule has 2 rings (SSSR count). The van der Waals surface area contributed by atoms with Crippen molar-refractivity contribution in [3.05, 3.63) is 23.8 Å². The third kappa shape index (κ3) is 3.18. The summed E-state index contributed by atoms with van der Waals surface area (Å²) in [6.07, 6.45) is -0.0337. The van der Waals surface area contributed by atoms with Gasteiger partial charge in [0.15, 0.2) is 6.04 Å². The number of nitrogens with zero attached hydrogens (tertiary/aromatic N) is 1. The lowest BCUT2D eigenvalue weighted by molar-refractivity contribution is -0.140. The molecule has 7 heteroatoms. The minimum atomic E-state index is -1.05. The first kappa shape index (κ1) is 15.0. The van der Waals surface area contributed by atoms with Gasteiger partial charge in [0.2, 0.25) is 0 Å². The summed E-state index contributed by atoms with van der Waals surface area (Å²) in [6.45, 7) is 1.80. The number of carboxylic acids is 1. The van der Waals surface area contributed by atoms with E-state index in [4.69, 9.17) is 14.3 Å². The van der Waals surface area contributed by atoms with Crippen molar-refractivity contribution in [2.45, 2.75) is 25.8 Å². The molecule has 0 radical (unpaired) electrons. The van der Waals surface area contributed by atoms with E-state index in [1.165, 1.54) is 0 Å². The summed E-state index contributed by atoms with van der Waals surface area (Å²) >= 11 is 0. The number of benzene rings is 1. The fourth-order valence-electron chi connectivity index (χ4n) is 2.24. The third-order valence-corrected chi connectivity index (χ3v) is 3.21. The maximum absolute atomic E-state index is 11.5. The summed E-state index contributed by atoms with van der Waals surface area (Å²) < 4.78 is 9.85. The van der Waals surface area contributed by atoms with Gasteiger partial charge in [-0.25, -0.2) is 9.59 Å². The van der Waals surface area contributed by atoms with Gasteiger partial charge >= 0.3 is 12.1 Å². The first-order valence-corrected chi connectivity index (χ1v) is 6.60. The van der Waals surface area contributed by atoms with E-state index in [1.54, 1.807) is 32.2 Å². The van der Waals surface area contributed by atoms with Gasteiger partial charge in [-0.3, -0.25) is 0 Å². The summed E-state index contributed by atoms with van der Waals surface area (Å²) in [4.78, 5) is 27.9. The molecule has 0 spiro atoms. The number of aliphatic carboxylic acids is 1. The van der Waals surface area contributed by atoms with E-state index < -0.39 is 18.2 Å². The number of ether oxygens (including phenoxy) is 2. The summed E-state index contributed by atoms with van der Waals surface area (Å²) in [5.74, 6) is -0.389. The van der Waals surface area contributed by atoms with Gasteiger partial charge in [0.25, 0.3) is 0 Å². The number of carbonyl (C=O) groups is 2. The summed E-state index contributed by atoms with van der Waals surface area (Å²) in [6, 6.07) is 4.22. The topological polar surface area (TPSA) is 85.3 Å². The number of rotatable bonds is 4. The number of hydrogen-bond acceptors (Lipinski definition) is 6. The molecule has 1 N–H and O–H groups in total. The first-order chi connectivity index (χ1) is 10.1. The van der Waals surface area contributed by atoms with Gasteiger partial charge < -0.3 is 19.4 Å². The number of hydrogen-bond donors (Lipinski definition) is 1. The Bertz CT molecular complexity index is 544. The molecule has 1 aliphatic rings. The Balaban J connectivity index is 2.32. The second kappa shape index (κ2) is 6.34. The maximum Gasteiger partial charge on any atom is 0.533 e. The van der Waals surface area contributed by atoms with Crippen LogP contribution in [0, 0.1) is 0 Å². The van der Waals surface area contributed by atoms with Crippen LogP contribution in [0.3, 0.4) is 0 Å². The van der Waals surface area contributed by atoms with Gasteiger partial charge in [0.05, 0.1) is 19.4 Å². The van der Waals surface area contributed by atoms with Gasteiger partial charge in [-0.2, -0.15) is 5.06 Å². The van der Waals surface area contributed by atoms with Crippen LogP contribution < -0.4 is 9.80 Å². The first-order valence-electron chi connectivity index (χ1n) is 6.60. The predicted octanol–water partition coefficient (Wildman–Crippen LogP) is 1.99. The predicted molar refractivity (Wildman–Crippen MR) is 73.3 cm³/mol. The van der Waals surface area contributed by atoms with Gasteiger partial charge in [-0.1, -0.05) is 0 Å². The molecule has 1 heterocycles. The molecule has 0 saturated carbocycles. The van der Waals surface area contributed by atoms with Crippen LogP contribution in [0.25, 0.3) is 0 Å². The van der Waals surface area contributed by atoms with E-state index >= 15 is 0 Å². The molecular weight excluding hydrogens is 278 g/mol. The second-order valence-electron chi connectivity index (χ2n) is 4.49. The van der Waals surface area contributed by atoms with Crippen LogP contribution in [0.15, 0.2) is 18.2 Å². The third-order valence-electron chi connectivity index (χ3n) is 3.21. The molecule has 114 valence electrons. The molecule has 0 aliphatic carbocycles. The number of methoxy groups -OCH3 is 1. The molecule has 1 unspecified atom stereocenters. The molecule has 1 aromatic rings. The number of carboxylic acid groups (broad SMARTS) is 1. The quantitative estimate of drug-likeness (QED) is 0.850. The zero-order chi connectivity index (χ0) is 15.4. The van der Waals surface area contributed by atoms with Crippen molar-refractivity contribution in [1.82, 2.24) is 0 Å². The minimum absolute atomic E-state index is 0.153. The summed E-state index contributed by atoms with van der Waals surface area (Å²) in [7, 11) is 1.55. The van der Waals surface area contributed by atoms with E-state index in [0.29, 0.717) is 24.3 Å². The van der Waals surface area contributed by atoms with Gasteiger partial charge in [-0.15, -0.1) is 0 Å². The highest BCUT2D eigenvalue weighted by atomic mass is 16.8. The molecule has 0 fully saturated rings. The molecule has 1 atom stereocenters. The van der Waals surface area contributed by atoms with E-state index in [1.807, 2.05) is 0 Å². The van der Waals surface area contributed by atoms with Crippen molar-refractivity contribution in [3.8, 4) is 5.75 Å². The lowest BCUT2D eigenvalue weighted by Crippen LogP contribution is -2.45. The highest BCUT2D eigenvalue weighted by molar-refractivity contribution is 5.80. The Kier molecular flexibility index (Phi) is 4.52. The Morgan fingerprint density at radius 1 is 1.43 bits per heavy atom. The number of aryl methyl sites for hydroxylation is 1. The monoisotopic (exact) mass is 295 g/mol. The lowest BCUT2D eigenvalue weighted by atomic mass is 9.97. The van der Waals surface area contributed by atoms with Crippen LogP contribution in [0.2, 0.25) is 0 Å². The van der Waals surface area contributed by atoms with Crippen molar-refractivity contribution < 1.29 is 29.0 Å². The zero-order valence-electron chi connectivity index (χ0n) is 11.9. The summed E-state index contributed by atoms with van der Waals surface area (Å²) in [5.41, 5.74) is 1.39. The van der Waals surface area contributed by atoms with Crippen molar-refractivity contribution >= 4 is 17.8 Å². The Morgan fingerprint density at radius 2 is 2.19 bits per heavy atom. The largest absolute Gasteiger partial charge is 0.533 e. The molecule has 1 aromatic carbocycles. The van der Waals surface area contributed by atoms with Crippen molar-refractivity contribution in [2.24, 2.45) is 0 Å². The van der Waals surface area contributed by atoms with Gasteiger partial charge in [-0.05, 0) is 43.5 Å². The average molecular weight is 295 g/mol. The van der Waals surface area contributed by atoms with Crippen LogP contribution in [0.4, 0.5) is 10.5 Å². The maximum atomic E-state index is 11.5. The Morgan fingerprint density at radius 3 is 2.81 bits per heavy atom. The summed E-state index contributed by atoms with van der Waals surface area (Å²) in [5, 5.41) is 10.4. The highest BCUT2D eigenvalue weighted by Crippen LogP contribution is 2.33. The Labute approximate surface area is 122 Å². The van der Waals surface area contributed by atoms with Crippen LogP contribution in [0.1, 0.15) is 18.9 Å². The van der Waals surface area contributed by atoms with Crippen LogP contribution in [-0.4, -0.2) is 37.0 Å². The molecule has 0 saturated heterocycles. The molecule has 0 amide bonds. The zero-order valence-corrected chi connectivity index (χ0v) is 11.9. The molecular formula is C14H17NO6. The minimum Gasteiger partial charge on any atom is -0.497 e. The smallest absolute Gasteiger partial charge is 0.497 e. The number of carbonyl (C=O) groups excluding carboxylic acids is 1. The van der Waals surface area contributed by atoms with Crippen LogP contribution in [-0.2, 0) is 20.8 Å². The van der Waals surface area contributed by atoms with Gasteiger partial charge in [0.1, 0.15) is 5.75 Å². The normalized spacial score (nSPS) is 16.9. The SMILES string of the molecule is CCOC(=O)ON1c2ccc(OC)cc2CCC1C(=O)O. The van der Waals surface area contributed by atoms with E-state index in [0.717, 1.165) is 10.6 Å². The van der Waals surface area contributed by atoms with Crippen molar-refractivity contribution in [1.29, 1.82) is 0 Å². The highest BCUT2D eigenvalue weighted by Gasteiger charge is 2.35. The van der Waals surface area contributed by atoms with Crippen LogP contribution in [0.5, 0.6) is 5.75 Å². The van der Waals surface area contributed by atoms with Gasteiger partial charge in [0, 0.05) is 0 Å². The van der Waals surface area contributed by atoms with E-state index in [-0.39, 0.29) is 6.61 Å². The number of hydroxylamine groups is 1. The molecule has 1 aliphatic heterocycles. The number of fused-ring (bicyclic) bond motifs is 1. The van der Waals surface area contributed by atoms with Crippen LogP contribution >= 0.6 is 0 Å².